The Morgan fingerprint density at radius 3 is 2.52 bits per heavy atom. The molecular formula is C20H16N2O3S2. The summed E-state index contributed by atoms with van der Waals surface area (Å²) in [5.41, 5.74) is 3.21. The molecule has 7 heteroatoms. The summed E-state index contributed by atoms with van der Waals surface area (Å²) in [5, 5.41) is 15.6. The van der Waals surface area contributed by atoms with Crippen LogP contribution in [0.3, 0.4) is 0 Å². The Labute approximate surface area is 164 Å². The van der Waals surface area contributed by atoms with Gasteiger partial charge in [-0.2, -0.15) is 5.26 Å². The minimum absolute atomic E-state index is 0.381. The van der Waals surface area contributed by atoms with Crippen LogP contribution >= 0.6 is 22.7 Å². The quantitative estimate of drug-likeness (QED) is 0.626. The molecule has 2 heterocycles. The third-order valence-electron chi connectivity index (χ3n) is 3.89. The SMILES string of the molecule is Cc1ccc(-c2ccsc2C(=O)O[C@@H](C)C(=O)Nc2sccc2C#N)cc1. The molecule has 0 aliphatic carbocycles. The highest BCUT2D eigenvalue weighted by Crippen LogP contribution is 2.29. The van der Waals surface area contributed by atoms with Crippen LogP contribution in [0.1, 0.15) is 27.7 Å². The number of nitrogens with one attached hydrogen (secondary N) is 1. The van der Waals surface area contributed by atoms with Crippen molar-refractivity contribution in [2.24, 2.45) is 0 Å². The number of carbonyl (C=O) groups is 2. The maximum Gasteiger partial charge on any atom is 0.349 e. The fourth-order valence-electron chi connectivity index (χ4n) is 2.40. The van der Waals surface area contributed by atoms with E-state index in [0.717, 1.165) is 16.7 Å². The molecule has 0 saturated carbocycles. The minimum Gasteiger partial charge on any atom is -0.448 e. The summed E-state index contributed by atoms with van der Waals surface area (Å²) >= 11 is 2.52. The normalized spacial score (nSPS) is 11.4. The Kier molecular flexibility index (Phi) is 5.69. The number of carbonyl (C=O) groups excluding carboxylic acids is 2. The molecule has 5 nitrogen and oxygen atoms in total. The Bertz CT molecular complexity index is 1010. The predicted octanol–water partition coefficient (Wildman–Crippen LogP) is 4.84. The molecule has 0 spiro atoms. The summed E-state index contributed by atoms with van der Waals surface area (Å²) in [6.45, 7) is 3.50. The van der Waals surface area contributed by atoms with Crippen molar-refractivity contribution in [2.75, 3.05) is 5.32 Å². The molecule has 0 unspecified atom stereocenters. The maximum absolute atomic E-state index is 12.6. The van der Waals surface area contributed by atoms with Crippen LogP contribution in [0.4, 0.5) is 5.00 Å². The molecule has 3 rings (SSSR count). The molecule has 1 atom stereocenters. The highest BCUT2D eigenvalue weighted by atomic mass is 32.1. The highest BCUT2D eigenvalue weighted by Gasteiger charge is 2.23. The number of esters is 1. The Balaban J connectivity index is 1.70. The van der Waals surface area contributed by atoms with E-state index >= 15 is 0 Å². The molecule has 3 aromatic rings. The van der Waals surface area contributed by atoms with Gasteiger partial charge in [0, 0.05) is 5.56 Å². The van der Waals surface area contributed by atoms with Crippen LogP contribution < -0.4 is 5.32 Å². The number of nitrogens with zero attached hydrogens (tertiary/aromatic N) is 1. The third-order valence-corrected chi connectivity index (χ3v) is 5.61. The molecule has 136 valence electrons. The van der Waals surface area contributed by atoms with Gasteiger partial charge in [0.15, 0.2) is 6.10 Å². The summed E-state index contributed by atoms with van der Waals surface area (Å²) in [4.78, 5) is 25.3. The van der Waals surface area contributed by atoms with Gasteiger partial charge in [-0.25, -0.2) is 4.79 Å². The summed E-state index contributed by atoms with van der Waals surface area (Å²) in [6.07, 6.45) is -0.987. The summed E-state index contributed by atoms with van der Waals surface area (Å²) in [6, 6.07) is 13.3. The van der Waals surface area contributed by atoms with Gasteiger partial charge in [-0.15, -0.1) is 22.7 Å². The van der Waals surface area contributed by atoms with Crippen LogP contribution in [0.15, 0.2) is 47.2 Å². The first-order valence-electron chi connectivity index (χ1n) is 8.13. The molecule has 1 amide bonds. The topological polar surface area (TPSA) is 79.2 Å². The van der Waals surface area contributed by atoms with E-state index in [1.54, 1.807) is 11.4 Å². The zero-order chi connectivity index (χ0) is 19.4. The minimum atomic E-state index is -0.987. The largest absolute Gasteiger partial charge is 0.448 e. The highest BCUT2D eigenvalue weighted by molar-refractivity contribution is 7.14. The van der Waals surface area contributed by atoms with Gasteiger partial charge >= 0.3 is 5.97 Å². The van der Waals surface area contributed by atoms with E-state index in [4.69, 9.17) is 10.00 Å². The number of benzene rings is 1. The van der Waals surface area contributed by atoms with E-state index in [0.29, 0.717) is 15.4 Å². The van der Waals surface area contributed by atoms with Crippen molar-refractivity contribution in [1.29, 1.82) is 5.26 Å². The molecule has 0 saturated heterocycles. The number of thiophene rings is 2. The summed E-state index contributed by atoms with van der Waals surface area (Å²) in [7, 11) is 0. The first-order chi connectivity index (χ1) is 13.0. The van der Waals surface area contributed by atoms with Crippen LogP contribution in [0.25, 0.3) is 11.1 Å². The van der Waals surface area contributed by atoms with Crippen molar-refractivity contribution in [1.82, 2.24) is 0 Å². The number of hydrogen-bond acceptors (Lipinski definition) is 6. The number of ether oxygens (including phenoxy) is 1. The van der Waals surface area contributed by atoms with Gasteiger partial charge in [-0.1, -0.05) is 29.8 Å². The average Bonchev–Trinajstić information content (AvgIpc) is 3.31. The number of anilines is 1. The van der Waals surface area contributed by atoms with Crippen molar-refractivity contribution < 1.29 is 14.3 Å². The molecule has 0 aliphatic heterocycles. The molecule has 1 aromatic carbocycles. The standard InChI is InChI=1S/C20H16N2O3S2/c1-12-3-5-14(6-4-12)16-8-10-26-17(16)20(24)25-13(2)18(23)22-19-15(11-21)7-9-27-19/h3-10,13H,1-2H3,(H,22,23)/t13-/m0/s1. The maximum atomic E-state index is 12.6. The number of aryl methyl sites for hydroxylation is 1. The van der Waals surface area contributed by atoms with Crippen LogP contribution in [0, 0.1) is 18.3 Å². The molecule has 0 bridgehead atoms. The summed E-state index contributed by atoms with van der Waals surface area (Å²) in [5.74, 6) is -1.02. The third kappa shape index (κ3) is 4.25. The van der Waals surface area contributed by atoms with Crippen molar-refractivity contribution in [3.8, 4) is 17.2 Å². The number of hydrogen-bond donors (Lipinski definition) is 1. The van der Waals surface area contributed by atoms with E-state index < -0.39 is 18.0 Å². The van der Waals surface area contributed by atoms with E-state index in [1.807, 2.05) is 48.7 Å². The molecule has 0 radical (unpaired) electrons. The van der Waals surface area contributed by atoms with Gasteiger partial charge in [0.2, 0.25) is 0 Å². The van der Waals surface area contributed by atoms with Crippen LogP contribution in [0.5, 0.6) is 0 Å². The van der Waals surface area contributed by atoms with Gasteiger partial charge in [0.25, 0.3) is 5.91 Å². The molecule has 2 aromatic heterocycles. The van der Waals surface area contributed by atoms with Gasteiger partial charge in [-0.3, -0.25) is 4.79 Å². The number of amides is 1. The zero-order valence-corrected chi connectivity index (χ0v) is 16.3. The van der Waals surface area contributed by atoms with E-state index in [9.17, 15) is 9.59 Å². The van der Waals surface area contributed by atoms with Crippen LogP contribution in [-0.4, -0.2) is 18.0 Å². The molecule has 1 N–H and O–H groups in total. The van der Waals surface area contributed by atoms with E-state index in [2.05, 4.69) is 5.32 Å². The van der Waals surface area contributed by atoms with Gasteiger partial charge in [-0.05, 0) is 42.3 Å². The number of rotatable bonds is 5. The molecule has 0 fully saturated rings. The lowest BCUT2D eigenvalue weighted by Gasteiger charge is -2.13. The van der Waals surface area contributed by atoms with Gasteiger partial charge < -0.3 is 10.1 Å². The average molecular weight is 396 g/mol. The summed E-state index contributed by atoms with van der Waals surface area (Å²) < 4.78 is 5.35. The van der Waals surface area contributed by atoms with E-state index in [-0.39, 0.29) is 0 Å². The second-order valence-corrected chi connectivity index (χ2v) is 7.67. The Morgan fingerprint density at radius 2 is 1.81 bits per heavy atom. The number of nitriles is 1. The van der Waals surface area contributed by atoms with E-state index in [1.165, 1.54) is 29.6 Å². The van der Waals surface area contributed by atoms with Crippen molar-refractivity contribution in [3.05, 3.63) is 63.2 Å². The fraction of sp³-hybridized carbons (Fsp3) is 0.150. The zero-order valence-electron chi connectivity index (χ0n) is 14.7. The molecular weight excluding hydrogens is 380 g/mol. The first kappa shape index (κ1) is 18.8. The smallest absolute Gasteiger partial charge is 0.349 e. The second-order valence-electron chi connectivity index (χ2n) is 5.84. The van der Waals surface area contributed by atoms with Crippen LogP contribution in [-0.2, 0) is 9.53 Å². The monoisotopic (exact) mass is 396 g/mol. The van der Waals surface area contributed by atoms with Crippen LogP contribution in [0.2, 0.25) is 0 Å². The van der Waals surface area contributed by atoms with Gasteiger partial charge in [0.1, 0.15) is 15.9 Å². The Hall–Kier alpha value is -2.95. The Morgan fingerprint density at radius 1 is 1.11 bits per heavy atom. The predicted molar refractivity (Wildman–Crippen MR) is 107 cm³/mol. The second kappa shape index (κ2) is 8.16. The van der Waals surface area contributed by atoms with Gasteiger partial charge in [0.05, 0.1) is 5.56 Å². The van der Waals surface area contributed by atoms with Crippen molar-refractivity contribution in [3.63, 3.8) is 0 Å². The lowest BCUT2D eigenvalue weighted by molar-refractivity contribution is -0.123. The molecule has 0 aliphatic rings. The lowest BCUT2D eigenvalue weighted by Crippen LogP contribution is -2.29. The fourth-order valence-corrected chi connectivity index (χ4v) is 3.94. The van der Waals surface area contributed by atoms with Crippen molar-refractivity contribution >= 4 is 39.6 Å². The van der Waals surface area contributed by atoms with Crippen molar-refractivity contribution in [2.45, 2.75) is 20.0 Å². The first-order valence-corrected chi connectivity index (χ1v) is 9.89. The molecule has 27 heavy (non-hydrogen) atoms. The lowest BCUT2D eigenvalue weighted by atomic mass is 10.1.